The molecule has 6 heteroatoms. The third kappa shape index (κ3) is 4.08. The molecule has 2 aromatic carbocycles. The van der Waals surface area contributed by atoms with Gasteiger partial charge >= 0.3 is 0 Å². The van der Waals surface area contributed by atoms with E-state index in [-0.39, 0.29) is 18.2 Å². The van der Waals surface area contributed by atoms with Crippen LogP contribution < -0.4 is 10.6 Å². The number of nitrogens with zero attached hydrogens (tertiary/aromatic N) is 1. The number of nitrogens with one attached hydrogen (secondary N) is 2. The number of phenolic OH excluding ortho intramolecular Hbond substituents is 1. The molecule has 0 aliphatic rings. The van der Waals surface area contributed by atoms with E-state index in [0.29, 0.717) is 5.13 Å². The quantitative estimate of drug-likeness (QED) is 0.627. The van der Waals surface area contributed by atoms with Crippen LogP contribution in [0.4, 0.5) is 10.8 Å². The average Bonchev–Trinajstić information content (AvgIpc) is 3.04. The maximum absolute atomic E-state index is 11.9. The van der Waals surface area contributed by atoms with Gasteiger partial charge in [0.05, 0.1) is 12.2 Å². The van der Waals surface area contributed by atoms with E-state index in [1.165, 1.54) is 11.3 Å². The average molecular weight is 325 g/mol. The van der Waals surface area contributed by atoms with E-state index >= 15 is 0 Å². The molecule has 0 saturated heterocycles. The molecule has 0 spiro atoms. The second-order valence-electron chi connectivity index (χ2n) is 4.85. The summed E-state index contributed by atoms with van der Waals surface area (Å²) in [4.78, 5) is 16.4. The lowest BCUT2D eigenvalue weighted by Crippen LogP contribution is -2.21. The number of thiazole rings is 1. The highest BCUT2D eigenvalue weighted by Crippen LogP contribution is 2.24. The van der Waals surface area contributed by atoms with E-state index in [9.17, 15) is 9.90 Å². The van der Waals surface area contributed by atoms with Gasteiger partial charge in [0.25, 0.3) is 0 Å². The number of rotatable bonds is 5. The van der Waals surface area contributed by atoms with Crippen LogP contribution in [-0.2, 0) is 4.79 Å². The second-order valence-corrected chi connectivity index (χ2v) is 5.71. The molecule has 3 aromatic rings. The van der Waals surface area contributed by atoms with Crippen LogP contribution in [0.25, 0.3) is 11.3 Å². The van der Waals surface area contributed by atoms with Crippen molar-refractivity contribution >= 4 is 28.1 Å². The van der Waals surface area contributed by atoms with E-state index < -0.39 is 0 Å². The number of aromatic nitrogens is 1. The molecule has 0 radical (unpaired) electrons. The Labute approximate surface area is 137 Å². The molecule has 0 atom stereocenters. The second kappa shape index (κ2) is 6.93. The van der Waals surface area contributed by atoms with Crippen molar-refractivity contribution in [2.24, 2.45) is 0 Å². The van der Waals surface area contributed by atoms with Crippen LogP contribution in [0.1, 0.15) is 0 Å². The Balaban J connectivity index is 1.56. The van der Waals surface area contributed by atoms with Gasteiger partial charge in [-0.25, -0.2) is 4.98 Å². The van der Waals surface area contributed by atoms with E-state index in [4.69, 9.17) is 0 Å². The number of anilines is 2. The van der Waals surface area contributed by atoms with Crippen molar-refractivity contribution in [3.05, 3.63) is 60.0 Å². The molecule has 1 amide bonds. The Kier molecular flexibility index (Phi) is 4.54. The fraction of sp³-hybridized carbons (Fsp3) is 0.0588. The molecule has 0 aliphatic heterocycles. The standard InChI is InChI=1S/C17H15N3O2S/c21-14-8-6-13(7-9-14)18-10-16(22)20-17-19-15(11-23-17)12-4-2-1-3-5-12/h1-9,11,18,21H,10H2,(H,19,20,22). The van der Waals surface area contributed by atoms with Gasteiger partial charge in [0.2, 0.25) is 5.91 Å². The fourth-order valence-electron chi connectivity index (χ4n) is 2.00. The monoisotopic (exact) mass is 325 g/mol. The summed E-state index contributed by atoms with van der Waals surface area (Å²) in [6.07, 6.45) is 0. The van der Waals surface area contributed by atoms with E-state index in [2.05, 4.69) is 15.6 Å². The van der Waals surface area contributed by atoms with Crippen molar-refractivity contribution in [3.8, 4) is 17.0 Å². The molecule has 0 fully saturated rings. The van der Waals surface area contributed by atoms with Gasteiger partial charge in [0, 0.05) is 16.6 Å². The Morgan fingerprint density at radius 3 is 2.57 bits per heavy atom. The minimum absolute atomic E-state index is 0.130. The smallest absolute Gasteiger partial charge is 0.245 e. The molecule has 0 bridgehead atoms. The van der Waals surface area contributed by atoms with Crippen LogP contribution in [0.15, 0.2) is 60.0 Å². The molecule has 5 nitrogen and oxygen atoms in total. The van der Waals surface area contributed by atoms with Crippen molar-refractivity contribution < 1.29 is 9.90 Å². The molecule has 116 valence electrons. The highest BCUT2D eigenvalue weighted by atomic mass is 32.1. The van der Waals surface area contributed by atoms with Gasteiger partial charge < -0.3 is 15.7 Å². The lowest BCUT2D eigenvalue weighted by molar-refractivity contribution is -0.114. The molecule has 0 unspecified atom stereocenters. The molecular weight excluding hydrogens is 310 g/mol. The molecule has 23 heavy (non-hydrogen) atoms. The molecule has 0 aliphatic carbocycles. The maximum atomic E-state index is 11.9. The van der Waals surface area contributed by atoms with Gasteiger partial charge in [0.1, 0.15) is 5.75 Å². The number of carbonyl (C=O) groups excluding carboxylic acids is 1. The third-order valence-electron chi connectivity index (χ3n) is 3.14. The minimum Gasteiger partial charge on any atom is -0.508 e. The summed E-state index contributed by atoms with van der Waals surface area (Å²) >= 11 is 1.39. The van der Waals surface area contributed by atoms with Crippen molar-refractivity contribution in [3.63, 3.8) is 0 Å². The molecule has 1 heterocycles. The van der Waals surface area contributed by atoms with E-state index in [0.717, 1.165) is 16.9 Å². The van der Waals surface area contributed by atoms with E-state index in [1.54, 1.807) is 24.3 Å². The Hall–Kier alpha value is -2.86. The molecule has 1 aromatic heterocycles. The number of carbonyl (C=O) groups is 1. The van der Waals surface area contributed by atoms with Crippen molar-refractivity contribution in [1.29, 1.82) is 0 Å². The number of hydrogen-bond donors (Lipinski definition) is 3. The van der Waals surface area contributed by atoms with Crippen LogP contribution in [0, 0.1) is 0 Å². The number of amides is 1. The van der Waals surface area contributed by atoms with Gasteiger partial charge in [0.15, 0.2) is 5.13 Å². The van der Waals surface area contributed by atoms with Crippen LogP contribution in [-0.4, -0.2) is 22.5 Å². The van der Waals surface area contributed by atoms with Crippen LogP contribution in [0.5, 0.6) is 5.75 Å². The predicted octanol–water partition coefficient (Wildman–Crippen LogP) is 3.57. The first-order valence-electron chi connectivity index (χ1n) is 7.04. The van der Waals surface area contributed by atoms with Gasteiger partial charge in [-0.2, -0.15) is 0 Å². The van der Waals surface area contributed by atoms with Crippen molar-refractivity contribution in [2.45, 2.75) is 0 Å². The van der Waals surface area contributed by atoms with Crippen molar-refractivity contribution in [1.82, 2.24) is 4.98 Å². The Morgan fingerprint density at radius 2 is 1.83 bits per heavy atom. The van der Waals surface area contributed by atoms with Gasteiger partial charge in [-0.1, -0.05) is 30.3 Å². The summed E-state index contributed by atoms with van der Waals surface area (Å²) < 4.78 is 0. The van der Waals surface area contributed by atoms with Crippen molar-refractivity contribution in [2.75, 3.05) is 17.2 Å². The molecule has 3 rings (SSSR count). The first-order chi connectivity index (χ1) is 11.2. The van der Waals surface area contributed by atoms with Gasteiger partial charge in [-0.05, 0) is 24.3 Å². The fourth-order valence-corrected chi connectivity index (χ4v) is 2.73. The summed E-state index contributed by atoms with van der Waals surface area (Å²) in [5.74, 6) is 0.0169. The zero-order chi connectivity index (χ0) is 16.1. The van der Waals surface area contributed by atoms with Gasteiger partial charge in [-0.3, -0.25) is 4.79 Å². The third-order valence-corrected chi connectivity index (χ3v) is 3.90. The zero-order valence-electron chi connectivity index (χ0n) is 12.2. The van der Waals surface area contributed by atoms with Crippen LogP contribution in [0.2, 0.25) is 0 Å². The first kappa shape index (κ1) is 15.1. The van der Waals surface area contributed by atoms with Crippen LogP contribution in [0.3, 0.4) is 0 Å². The summed E-state index contributed by atoms with van der Waals surface area (Å²) in [6, 6.07) is 16.4. The zero-order valence-corrected chi connectivity index (χ0v) is 13.0. The largest absolute Gasteiger partial charge is 0.508 e. The highest BCUT2D eigenvalue weighted by molar-refractivity contribution is 7.14. The SMILES string of the molecule is O=C(CNc1ccc(O)cc1)Nc1nc(-c2ccccc2)cs1. The van der Waals surface area contributed by atoms with E-state index in [1.807, 2.05) is 35.7 Å². The number of phenols is 1. The number of benzene rings is 2. The highest BCUT2D eigenvalue weighted by Gasteiger charge is 2.07. The van der Waals surface area contributed by atoms with Gasteiger partial charge in [-0.15, -0.1) is 11.3 Å². The summed E-state index contributed by atoms with van der Waals surface area (Å²) in [7, 11) is 0. The molecule has 3 N–H and O–H groups in total. The Bertz CT molecular complexity index is 785. The lowest BCUT2D eigenvalue weighted by atomic mass is 10.2. The topological polar surface area (TPSA) is 74.2 Å². The summed E-state index contributed by atoms with van der Waals surface area (Å²) in [5.41, 5.74) is 2.63. The first-order valence-corrected chi connectivity index (χ1v) is 7.92. The maximum Gasteiger partial charge on any atom is 0.245 e. The predicted molar refractivity (Wildman–Crippen MR) is 92.8 cm³/mol. The minimum atomic E-state index is -0.174. The Morgan fingerprint density at radius 1 is 1.09 bits per heavy atom. The number of aromatic hydroxyl groups is 1. The molecular formula is C17H15N3O2S. The lowest BCUT2D eigenvalue weighted by Gasteiger charge is -2.06. The summed E-state index contributed by atoms with van der Waals surface area (Å²) in [6.45, 7) is 0.130. The number of hydrogen-bond acceptors (Lipinski definition) is 5. The summed E-state index contributed by atoms with van der Waals surface area (Å²) in [5, 5.41) is 17.5. The molecule has 0 saturated carbocycles. The normalized spacial score (nSPS) is 10.3. The van der Waals surface area contributed by atoms with Crippen LogP contribution >= 0.6 is 11.3 Å².